The summed E-state index contributed by atoms with van der Waals surface area (Å²) in [5.41, 5.74) is 1.47. The van der Waals surface area contributed by atoms with Crippen LogP contribution in [0.1, 0.15) is 11.1 Å². The van der Waals surface area contributed by atoms with E-state index < -0.39 is 11.6 Å². The summed E-state index contributed by atoms with van der Waals surface area (Å²) < 4.78 is 32.9. The molecular weight excluding hydrogens is 296 g/mol. The fourth-order valence-electron chi connectivity index (χ4n) is 2.41. The maximum Gasteiger partial charge on any atom is 0.146 e. The van der Waals surface area contributed by atoms with Crippen molar-refractivity contribution in [2.75, 3.05) is 11.9 Å². The molecule has 0 bridgehead atoms. The van der Waals surface area contributed by atoms with Gasteiger partial charge in [0.1, 0.15) is 23.5 Å². The Morgan fingerprint density at radius 2 is 2.05 bits per heavy atom. The normalized spacial score (nSPS) is 16.5. The highest BCUT2D eigenvalue weighted by Crippen LogP contribution is 2.31. The summed E-state index contributed by atoms with van der Waals surface area (Å²) in [7, 11) is 0. The molecule has 110 valence electrons. The maximum absolute atomic E-state index is 13.7. The van der Waals surface area contributed by atoms with Gasteiger partial charge in [0.05, 0.1) is 12.2 Å². The molecule has 0 fully saturated rings. The van der Waals surface area contributed by atoms with Gasteiger partial charge in [-0.05, 0) is 42.3 Å². The second-order valence-electron chi connectivity index (χ2n) is 5.16. The SMILES string of the molecule is Cc1cc(F)c(NCC2Cc3cc(Cl)ccc3O2)cc1F. The van der Waals surface area contributed by atoms with Crippen LogP contribution in [0.4, 0.5) is 14.5 Å². The molecule has 1 aliphatic rings. The topological polar surface area (TPSA) is 21.3 Å². The van der Waals surface area contributed by atoms with E-state index in [1.165, 1.54) is 19.1 Å². The molecule has 5 heteroatoms. The number of nitrogens with one attached hydrogen (secondary N) is 1. The number of hydrogen-bond acceptors (Lipinski definition) is 2. The van der Waals surface area contributed by atoms with Crippen molar-refractivity contribution in [3.05, 3.63) is 58.1 Å². The molecule has 0 radical (unpaired) electrons. The lowest BCUT2D eigenvalue weighted by Gasteiger charge is -2.14. The minimum atomic E-state index is -0.465. The average molecular weight is 310 g/mol. The van der Waals surface area contributed by atoms with Crippen molar-refractivity contribution >= 4 is 17.3 Å². The van der Waals surface area contributed by atoms with E-state index in [9.17, 15) is 8.78 Å². The summed E-state index contributed by atoms with van der Waals surface area (Å²) in [6.07, 6.45) is 0.570. The maximum atomic E-state index is 13.7. The van der Waals surface area contributed by atoms with Crippen molar-refractivity contribution in [1.29, 1.82) is 0 Å². The Bertz CT molecular complexity index is 690. The van der Waals surface area contributed by atoms with E-state index in [1.54, 1.807) is 6.07 Å². The summed E-state index contributed by atoms with van der Waals surface area (Å²) in [6, 6.07) is 7.81. The number of benzene rings is 2. The van der Waals surface area contributed by atoms with Gasteiger partial charge in [-0.3, -0.25) is 0 Å². The quantitative estimate of drug-likeness (QED) is 0.910. The molecule has 2 aromatic rings. The molecule has 1 aliphatic heterocycles. The Morgan fingerprint density at radius 3 is 2.86 bits per heavy atom. The van der Waals surface area contributed by atoms with Crippen molar-refractivity contribution in [3.63, 3.8) is 0 Å². The third kappa shape index (κ3) is 2.95. The van der Waals surface area contributed by atoms with Crippen LogP contribution in [0.25, 0.3) is 0 Å². The smallest absolute Gasteiger partial charge is 0.146 e. The first-order chi connectivity index (χ1) is 10.0. The van der Waals surface area contributed by atoms with Gasteiger partial charge in [-0.1, -0.05) is 11.6 Å². The molecule has 2 nitrogen and oxygen atoms in total. The van der Waals surface area contributed by atoms with Crippen molar-refractivity contribution in [1.82, 2.24) is 0 Å². The largest absolute Gasteiger partial charge is 0.488 e. The van der Waals surface area contributed by atoms with Gasteiger partial charge in [0.15, 0.2) is 0 Å². The number of ether oxygens (including phenoxy) is 1. The van der Waals surface area contributed by atoms with Crippen LogP contribution in [0.15, 0.2) is 30.3 Å². The summed E-state index contributed by atoms with van der Waals surface area (Å²) in [6.45, 7) is 1.92. The lowest BCUT2D eigenvalue weighted by atomic mass is 10.1. The predicted octanol–water partition coefficient (Wildman–Crippen LogP) is 4.34. The minimum Gasteiger partial charge on any atom is -0.488 e. The number of aryl methyl sites for hydroxylation is 1. The predicted molar refractivity (Wildman–Crippen MR) is 79.2 cm³/mol. The summed E-state index contributed by atoms with van der Waals surface area (Å²) in [5.74, 6) is -0.101. The highest BCUT2D eigenvalue weighted by Gasteiger charge is 2.23. The second kappa shape index (κ2) is 5.53. The number of halogens is 3. The van der Waals surface area contributed by atoms with Gasteiger partial charge in [-0.15, -0.1) is 0 Å². The Kier molecular flexibility index (Phi) is 3.72. The first-order valence-corrected chi connectivity index (χ1v) is 7.05. The molecule has 0 aliphatic carbocycles. The molecule has 3 rings (SSSR count). The molecule has 0 aromatic heterocycles. The highest BCUT2D eigenvalue weighted by atomic mass is 35.5. The van der Waals surface area contributed by atoms with Crippen molar-refractivity contribution in [2.45, 2.75) is 19.4 Å². The molecule has 0 saturated carbocycles. The molecular formula is C16H14ClF2NO. The first kappa shape index (κ1) is 14.1. The van der Waals surface area contributed by atoms with Gasteiger partial charge < -0.3 is 10.1 Å². The van der Waals surface area contributed by atoms with E-state index in [2.05, 4.69) is 5.32 Å². The Morgan fingerprint density at radius 1 is 1.24 bits per heavy atom. The minimum absolute atomic E-state index is 0.123. The summed E-state index contributed by atoms with van der Waals surface area (Å²) in [5, 5.41) is 3.56. The molecule has 0 amide bonds. The zero-order valence-corrected chi connectivity index (χ0v) is 12.2. The Labute approximate surface area is 126 Å². The zero-order valence-electron chi connectivity index (χ0n) is 11.4. The lowest BCUT2D eigenvalue weighted by Crippen LogP contribution is -2.24. The van der Waals surface area contributed by atoms with E-state index in [0.29, 0.717) is 18.0 Å². The van der Waals surface area contributed by atoms with Gasteiger partial charge >= 0.3 is 0 Å². The van der Waals surface area contributed by atoms with Gasteiger partial charge in [-0.2, -0.15) is 0 Å². The van der Waals surface area contributed by atoms with E-state index in [0.717, 1.165) is 11.3 Å². The number of rotatable bonds is 3. The highest BCUT2D eigenvalue weighted by molar-refractivity contribution is 6.30. The van der Waals surface area contributed by atoms with Crippen LogP contribution in [0, 0.1) is 18.6 Å². The Hall–Kier alpha value is -1.81. The average Bonchev–Trinajstić information content (AvgIpc) is 2.83. The van der Waals surface area contributed by atoms with Crippen LogP contribution in [-0.4, -0.2) is 12.6 Å². The Balaban J connectivity index is 1.66. The van der Waals surface area contributed by atoms with Crippen LogP contribution < -0.4 is 10.1 Å². The monoisotopic (exact) mass is 309 g/mol. The van der Waals surface area contributed by atoms with Crippen molar-refractivity contribution < 1.29 is 13.5 Å². The molecule has 1 N–H and O–H groups in total. The molecule has 0 spiro atoms. The van der Waals surface area contributed by atoms with Gasteiger partial charge in [0, 0.05) is 17.5 Å². The molecule has 2 aromatic carbocycles. The molecule has 1 atom stereocenters. The number of hydrogen-bond donors (Lipinski definition) is 1. The van der Waals surface area contributed by atoms with Crippen molar-refractivity contribution in [2.24, 2.45) is 0 Å². The number of anilines is 1. The van der Waals surface area contributed by atoms with Crippen LogP contribution in [-0.2, 0) is 6.42 Å². The molecule has 1 unspecified atom stereocenters. The van der Waals surface area contributed by atoms with Gasteiger partial charge in [-0.25, -0.2) is 8.78 Å². The fourth-order valence-corrected chi connectivity index (χ4v) is 2.60. The van der Waals surface area contributed by atoms with Crippen LogP contribution in [0.5, 0.6) is 5.75 Å². The molecule has 0 saturated heterocycles. The standard InChI is InChI=1S/C16H14ClF2NO/c1-9-4-14(19)15(7-13(9)18)20-8-12-6-10-5-11(17)2-3-16(10)21-12/h2-5,7,12,20H,6,8H2,1H3. The summed E-state index contributed by atoms with van der Waals surface area (Å²) >= 11 is 5.93. The van der Waals surface area contributed by atoms with E-state index in [-0.39, 0.29) is 17.4 Å². The van der Waals surface area contributed by atoms with Crippen LogP contribution >= 0.6 is 11.6 Å². The van der Waals surface area contributed by atoms with Gasteiger partial charge in [0.2, 0.25) is 0 Å². The van der Waals surface area contributed by atoms with E-state index >= 15 is 0 Å². The number of fused-ring (bicyclic) bond motifs is 1. The van der Waals surface area contributed by atoms with Gasteiger partial charge in [0.25, 0.3) is 0 Å². The van der Waals surface area contributed by atoms with E-state index in [4.69, 9.17) is 16.3 Å². The summed E-state index contributed by atoms with van der Waals surface area (Å²) in [4.78, 5) is 0. The third-order valence-corrected chi connectivity index (χ3v) is 3.77. The fraction of sp³-hybridized carbons (Fsp3) is 0.250. The van der Waals surface area contributed by atoms with Crippen LogP contribution in [0.2, 0.25) is 5.02 Å². The molecule has 1 heterocycles. The lowest BCUT2D eigenvalue weighted by molar-refractivity contribution is 0.246. The van der Waals surface area contributed by atoms with Crippen LogP contribution in [0.3, 0.4) is 0 Å². The molecule has 21 heavy (non-hydrogen) atoms. The third-order valence-electron chi connectivity index (χ3n) is 3.53. The van der Waals surface area contributed by atoms with Crippen molar-refractivity contribution in [3.8, 4) is 5.75 Å². The zero-order chi connectivity index (χ0) is 15.0. The second-order valence-corrected chi connectivity index (χ2v) is 5.59. The first-order valence-electron chi connectivity index (χ1n) is 6.67. The van der Waals surface area contributed by atoms with E-state index in [1.807, 2.05) is 12.1 Å².